The molecule has 1 saturated carbocycles. The van der Waals surface area contributed by atoms with Crippen LogP contribution in [-0.4, -0.2) is 26.9 Å². The van der Waals surface area contributed by atoms with E-state index in [1.807, 2.05) is 20.0 Å². The van der Waals surface area contributed by atoms with E-state index in [2.05, 4.69) is 5.32 Å². The molecule has 5 heteroatoms. The molecule has 0 spiro atoms. The molecule has 1 aliphatic rings. The summed E-state index contributed by atoms with van der Waals surface area (Å²) in [5.41, 5.74) is 1.03. The standard InChI is InChI=1S/C16H23Cl2NO2/c1-4-21-11-5-10(6-11)7-15(19-2)12-8-14(18)16(20-3)9-13(12)17/h8-11,15,19H,4-7H2,1-3H3. The van der Waals surface area contributed by atoms with Gasteiger partial charge in [0.25, 0.3) is 0 Å². The van der Waals surface area contributed by atoms with Crippen molar-refractivity contribution in [1.29, 1.82) is 0 Å². The van der Waals surface area contributed by atoms with Gasteiger partial charge < -0.3 is 14.8 Å². The Morgan fingerprint density at radius 3 is 2.57 bits per heavy atom. The Morgan fingerprint density at radius 2 is 2.00 bits per heavy atom. The third-order valence-corrected chi connectivity index (χ3v) is 4.78. The van der Waals surface area contributed by atoms with Gasteiger partial charge in [0.2, 0.25) is 0 Å². The highest BCUT2D eigenvalue weighted by Gasteiger charge is 2.32. The molecule has 1 unspecified atom stereocenters. The van der Waals surface area contributed by atoms with Gasteiger partial charge in [-0.25, -0.2) is 0 Å². The summed E-state index contributed by atoms with van der Waals surface area (Å²) in [6.07, 6.45) is 3.75. The van der Waals surface area contributed by atoms with E-state index in [1.165, 1.54) is 0 Å². The van der Waals surface area contributed by atoms with Crippen LogP contribution in [0.15, 0.2) is 12.1 Å². The maximum Gasteiger partial charge on any atom is 0.138 e. The van der Waals surface area contributed by atoms with Gasteiger partial charge in [-0.15, -0.1) is 0 Å². The van der Waals surface area contributed by atoms with Crippen molar-refractivity contribution >= 4 is 23.2 Å². The van der Waals surface area contributed by atoms with Crippen LogP contribution in [0.4, 0.5) is 0 Å². The second kappa shape index (κ2) is 7.68. The zero-order chi connectivity index (χ0) is 15.4. The normalized spacial score (nSPS) is 22.7. The van der Waals surface area contributed by atoms with E-state index >= 15 is 0 Å². The Labute approximate surface area is 136 Å². The minimum Gasteiger partial charge on any atom is -0.495 e. The Balaban J connectivity index is 2.03. The van der Waals surface area contributed by atoms with E-state index in [1.54, 1.807) is 13.2 Å². The second-order valence-corrected chi connectivity index (χ2v) is 6.31. The smallest absolute Gasteiger partial charge is 0.138 e. The minimum atomic E-state index is 0.202. The summed E-state index contributed by atoms with van der Waals surface area (Å²) in [5.74, 6) is 1.29. The molecule has 0 aliphatic heterocycles. The van der Waals surface area contributed by atoms with Crippen molar-refractivity contribution in [1.82, 2.24) is 5.32 Å². The number of halogens is 2. The van der Waals surface area contributed by atoms with Crippen molar-refractivity contribution in [3.8, 4) is 5.75 Å². The van der Waals surface area contributed by atoms with Crippen molar-refractivity contribution in [2.75, 3.05) is 20.8 Å². The van der Waals surface area contributed by atoms with E-state index in [0.717, 1.165) is 31.4 Å². The molecule has 1 aliphatic carbocycles. The molecule has 1 N–H and O–H groups in total. The van der Waals surface area contributed by atoms with Gasteiger partial charge in [0.05, 0.1) is 18.2 Å². The average Bonchev–Trinajstić information content (AvgIpc) is 2.43. The van der Waals surface area contributed by atoms with Gasteiger partial charge in [0, 0.05) is 23.7 Å². The molecule has 118 valence electrons. The van der Waals surface area contributed by atoms with Crippen LogP contribution in [0, 0.1) is 5.92 Å². The first-order valence-electron chi connectivity index (χ1n) is 7.40. The molecule has 21 heavy (non-hydrogen) atoms. The molecule has 0 amide bonds. The van der Waals surface area contributed by atoms with Crippen molar-refractivity contribution in [2.24, 2.45) is 5.92 Å². The predicted octanol–water partition coefficient (Wildman–Crippen LogP) is 4.47. The molecular formula is C16H23Cl2NO2. The fourth-order valence-corrected chi connectivity index (χ4v) is 3.47. The predicted molar refractivity (Wildman–Crippen MR) is 87.6 cm³/mol. The summed E-state index contributed by atoms with van der Waals surface area (Å²) >= 11 is 12.6. The van der Waals surface area contributed by atoms with Crippen molar-refractivity contribution in [3.63, 3.8) is 0 Å². The molecule has 1 aromatic carbocycles. The Kier molecular flexibility index (Phi) is 6.18. The van der Waals surface area contributed by atoms with Gasteiger partial charge >= 0.3 is 0 Å². The zero-order valence-corrected chi connectivity index (χ0v) is 14.3. The van der Waals surface area contributed by atoms with Crippen LogP contribution < -0.4 is 10.1 Å². The van der Waals surface area contributed by atoms with Crippen LogP contribution >= 0.6 is 23.2 Å². The van der Waals surface area contributed by atoms with Crippen LogP contribution in [0.1, 0.15) is 37.8 Å². The van der Waals surface area contributed by atoms with E-state index in [4.69, 9.17) is 32.7 Å². The fourth-order valence-electron chi connectivity index (χ4n) is 2.94. The van der Waals surface area contributed by atoms with Crippen molar-refractivity contribution < 1.29 is 9.47 Å². The van der Waals surface area contributed by atoms with Crippen LogP contribution in [0.5, 0.6) is 5.75 Å². The van der Waals surface area contributed by atoms with E-state index in [0.29, 0.717) is 27.8 Å². The average molecular weight is 332 g/mol. The summed E-state index contributed by atoms with van der Waals surface area (Å²) < 4.78 is 10.8. The number of benzene rings is 1. The molecule has 1 atom stereocenters. The quantitative estimate of drug-likeness (QED) is 0.799. The van der Waals surface area contributed by atoms with E-state index < -0.39 is 0 Å². The van der Waals surface area contributed by atoms with Gasteiger partial charge in [-0.1, -0.05) is 23.2 Å². The molecule has 3 nitrogen and oxygen atoms in total. The fraction of sp³-hybridized carbons (Fsp3) is 0.625. The van der Waals surface area contributed by atoms with E-state index in [9.17, 15) is 0 Å². The molecule has 0 heterocycles. The largest absolute Gasteiger partial charge is 0.495 e. The molecule has 0 aromatic heterocycles. The molecule has 0 radical (unpaired) electrons. The molecule has 0 saturated heterocycles. The van der Waals surface area contributed by atoms with Gasteiger partial charge in [0.1, 0.15) is 5.75 Å². The maximum absolute atomic E-state index is 6.37. The molecule has 2 rings (SSSR count). The first-order chi connectivity index (χ1) is 10.1. The highest BCUT2D eigenvalue weighted by Crippen LogP contribution is 2.40. The van der Waals surface area contributed by atoms with Crippen LogP contribution in [0.25, 0.3) is 0 Å². The number of rotatable bonds is 7. The number of ether oxygens (including phenoxy) is 2. The number of methoxy groups -OCH3 is 1. The van der Waals surface area contributed by atoms with Gasteiger partial charge in [-0.2, -0.15) is 0 Å². The summed E-state index contributed by atoms with van der Waals surface area (Å²) in [5, 5.41) is 4.63. The lowest BCUT2D eigenvalue weighted by molar-refractivity contribution is -0.0289. The van der Waals surface area contributed by atoms with Crippen LogP contribution in [0.2, 0.25) is 10.0 Å². The molecule has 0 bridgehead atoms. The van der Waals surface area contributed by atoms with Crippen molar-refractivity contribution in [3.05, 3.63) is 27.7 Å². The molecular weight excluding hydrogens is 309 g/mol. The number of hydrogen-bond donors (Lipinski definition) is 1. The summed E-state index contributed by atoms with van der Waals surface area (Å²) in [4.78, 5) is 0. The highest BCUT2D eigenvalue weighted by molar-refractivity contribution is 6.34. The van der Waals surface area contributed by atoms with Gasteiger partial charge in [-0.3, -0.25) is 0 Å². The zero-order valence-electron chi connectivity index (χ0n) is 12.8. The van der Waals surface area contributed by atoms with Crippen LogP contribution in [0.3, 0.4) is 0 Å². The summed E-state index contributed by atoms with van der Waals surface area (Å²) in [6.45, 7) is 2.84. The van der Waals surface area contributed by atoms with Gasteiger partial charge in [-0.05, 0) is 50.8 Å². The summed E-state index contributed by atoms with van der Waals surface area (Å²) in [7, 11) is 3.55. The lowest BCUT2D eigenvalue weighted by atomic mass is 9.77. The lowest BCUT2D eigenvalue weighted by Gasteiger charge is -2.37. The SMILES string of the molecule is CCOC1CC(CC(NC)c2cc(Cl)c(OC)cc2Cl)C1. The monoisotopic (exact) mass is 331 g/mol. The van der Waals surface area contributed by atoms with Gasteiger partial charge in [0.15, 0.2) is 0 Å². The Bertz CT molecular complexity index is 476. The van der Waals surface area contributed by atoms with Crippen molar-refractivity contribution in [2.45, 2.75) is 38.3 Å². The first kappa shape index (κ1) is 16.9. The minimum absolute atomic E-state index is 0.202. The maximum atomic E-state index is 6.37. The summed E-state index contributed by atoms with van der Waals surface area (Å²) in [6, 6.07) is 3.89. The molecule has 1 aromatic rings. The first-order valence-corrected chi connectivity index (χ1v) is 8.16. The Morgan fingerprint density at radius 1 is 1.29 bits per heavy atom. The van der Waals surface area contributed by atoms with Crippen LogP contribution in [-0.2, 0) is 4.74 Å². The number of hydrogen-bond acceptors (Lipinski definition) is 3. The van der Waals surface area contributed by atoms with E-state index in [-0.39, 0.29) is 6.04 Å². The second-order valence-electron chi connectivity index (χ2n) is 5.50. The Hall–Kier alpha value is -0.480. The molecule has 1 fully saturated rings. The number of nitrogens with one attached hydrogen (secondary N) is 1. The third-order valence-electron chi connectivity index (χ3n) is 4.16. The highest BCUT2D eigenvalue weighted by atomic mass is 35.5. The topological polar surface area (TPSA) is 30.5 Å². The third kappa shape index (κ3) is 4.04. The lowest BCUT2D eigenvalue weighted by Crippen LogP contribution is -2.34.